The Labute approximate surface area is 156 Å². The van der Waals surface area contributed by atoms with E-state index in [0.717, 1.165) is 38.1 Å². The van der Waals surface area contributed by atoms with Crippen LogP contribution in [0.4, 0.5) is 4.79 Å². The third kappa shape index (κ3) is 5.38. The van der Waals surface area contributed by atoms with Crippen molar-refractivity contribution in [3.05, 3.63) is 29.8 Å². The van der Waals surface area contributed by atoms with Gasteiger partial charge in [-0.3, -0.25) is 4.79 Å². The minimum Gasteiger partial charge on any atom is -0.497 e. The molecule has 6 heteroatoms. The number of amides is 3. The molecule has 1 saturated heterocycles. The van der Waals surface area contributed by atoms with Gasteiger partial charge in [-0.2, -0.15) is 0 Å². The number of likely N-dealkylation sites (tertiary alicyclic amines) is 1. The van der Waals surface area contributed by atoms with Gasteiger partial charge in [-0.1, -0.05) is 12.1 Å². The van der Waals surface area contributed by atoms with Crippen molar-refractivity contribution < 1.29 is 14.3 Å². The van der Waals surface area contributed by atoms with Crippen LogP contribution in [0.15, 0.2) is 24.3 Å². The third-order valence-corrected chi connectivity index (χ3v) is 5.04. The van der Waals surface area contributed by atoms with Crippen molar-refractivity contribution in [2.75, 3.05) is 39.8 Å². The highest BCUT2D eigenvalue weighted by atomic mass is 16.5. The summed E-state index contributed by atoms with van der Waals surface area (Å²) in [5, 5.41) is 3.03. The van der Waals surface area contributed by atoms with E-state index in [2.05, 4.69) is 5.32 Å². The second-order valence-corrected chi connectivity index (χ2v) is 6.61. The summed E-state index contributed by atoms with van der Waals surface area (Å²) in [7, 11) is 1.65. The predicted octanol–water partition coefficient (Wildman–Crippen LogP) is 2.53. The molecule has 144 valence electrons. The number of nitrogens with one attached hydrogen (secondary N) is 1. The molecule has 1 fully saturated rings. The van der Waals surface area contributed by atoms with Crippen LogP contribution in [0, 0.1) is 5.92 Å². The fourth-order valence-electron chi connectivity index (χ4n) is 3.29. The third-order valence-electron chi connectivity index (χ3n) is 5.04. The van der Waals surface area contributed by atoms with Gasteiger partial charge >= 0.3 is 6.03 Å². The summed E-state index contributed by atoms with van der Waals surface area (Å²) in [4.78, 5) is 28.4. The highest BCUT2D eigenvalue weighted by Gasteiger charge is 2.28. The first-order valence-corrected chi connectivity index (χ1v) is 9.53. The van der Waals surface area contributed by atoms with Crippen LogP contribution in [-0.2, 0) is 11.2 Å². The quantitative estimate of drug-likeness (QED) is 0.812. The van der Waals surface area contributed by atoms with Crippen molar-refractivity contribution in [2.45, 2.75) is 33.1 Å². The lowest BCUT2D eigenvalue weighted by molar-refractivity contribution is -0.126. The molecule has 6 nitrogen and oxygen atoms in total. The lowest BCUT2D eigenvalue weighted by Crippen LogP contribution is -2.48. The van der Waals surface area contributed by atoms with Crippen LogP contribution in [0.1, 0.15) is 32.3 Å². The van der Waals surface area contributed by atoms with Gasteiger partial charge < -0.3 is 19.9 Å². The molecule has 1 N–H and O–H groups in total. The molecule has 0 atom stereocenters. The molecule has 0 bridgehead atoms. The van der Waals surface area contributed by atoms with Crippen LogP contribution in [0.2, 0.25) is 0 Å². The molecular formula is C20H31N3O3. The monoisotopic (exact) mass is 361 g/mol. The Morgan fingerprint density at radius 3 is 2.31 bits per heavy atom. The molecule has 1 aliphatic heterocycles. The number of carbonyl (C=O) groups is 2. The van der Waals surface area contributed by atoms with Gasteiger partial charge in [0, 0.05) is 38.6 Å². The first kappa shape index (κ1) is 20.1. The van der Waals surface area contributed by atoms with Gasteiger partial charge in [0.2, 0.25) is 5.91 Å². The zero-order valence-electron chi connectivity index (χ0n) is 16.2. The van der Waals surface area contributed by atoms with Crippen LogP contribution >= 0.6 is 0 Å². The van der Waals surface area contributed by atoms with Crippen LogP contribution in [0.5, 0.6) is 5.75 Å². The van der Waals surface area contributed by atoms with Crippen LogP contribution in [0.25, 0.3) is 0 Å². The lowest BCUT2D eigenvalue weighted by Gasteiger charge is -2.34. The second-order valence-electron chi connectivity index (χ2n) is 6.61. The number of nitrogens with zero attached hydrogens (tertiary/aromatic N) is 2. The summed E-state index contributed by atoms with van der Waals surface area (Å²) in [5.41, 5.74) is 1.17. The molecule has 2 rings (SSSR count). The summed E-state index contributed by atoms with van der Waals surface area (Å²) in [6.07, 6.45) is 2.28. The Morgan fingerprint density at radius 1 is 1.15 bits per heavy atom. The van der Waals surface area contributed by atoms with E-state index in [-0.39, 0.29) is 17.9 Å². The Bertz CT molecular complexity index is 576. The van der Waals surface area contributed by atoms with Gasteiger partial charge in [0.25, 0.3) is 0 Å². The van der Waals surface area contributed by atoms with Crippen LogP contribution < -0.4 is 10.1 Å². The van der Waals surface area contributed by atoms with Gasteiger partial charge in [0.05, 0.1) is 7.11 Å². The smallest absolute Gasteiger partial charge is 0.319 e. The molecule has 1 heterocycles. The average Bonchev–Trinajstić information content (AvgIpc) is 2.69. The average molecular weight is 361 g/mol. The van der Waals surface area contributed by atoms with E-state index in [4.69, 9.17) is 4.74 Å². The van der Waals surface area contributed by atoms with E-state index >= 15 is 0 Å². The van der Waals surface area contributed by atoms with E-state index in [0.29, 0.717) is 19.6 Å². The maximum atomic E-state index is 12.4. The molecule has 0 radical (unpaired) electrons. The second kappa shape index (κ2) is 10.0. The molecular weight excluding hydrogens is 330 g/mol. The standard InChI is InChI=1S/C20H31N3O3/c1-4-22(5-2)20(25)23-14-11-17(12-15-23)19(24)21-13-10-16-6-8-18(26-3)9-7-16/h6-9,17H,4-5,10-15H2,1-3H3,(H,21,24). The molecule has 0 aromatic heterocycles. The fourth-order valence-corrected chi connectivity index (χ4v) is 3.29. The number of methoxy groups -OCH3 is 1. The Kier molecular flexibility index (Phi) is 7.75. The maximum Gasteiger partial charge on any atom is 0.319 e. The Hall–Kier alpha value is -2.24. The SMILES string of the molecule is CCN(CC)C(=O)N1CCC(C(=O)NCCc2ccc(OC)cc2)CC1. The highest BCUT2D eigenvalue weighted by molar-refractivity contribution is 5.79. The van der Waals surface area contributed by atoms with Crippen molar-refractivity contribution >= 4 is 11.9 Å². The molecule has 0 saturated carbocycles. The number of hydrogen-bond donors (Lipinski definition) is 1. The zero-order valence-corrected chi connectivity index (χ0v) is 16.2. The van der Waals surface area contributed by atoms with Gasteiger partial charge in [-0.25, -0.2) is 4.79 Å². The van der Waals surface area contributed by atoms with Gasteiger partial charge in [0.15, 0.2) is 0 Å². The number of ether oxygens (including phenoxy) is 1. The minimum atomic E-state index is 0.00613. The number of carbonyl (C=O) groups excluding carboxylic acids is 2. The van der Waals surface area contributed by atoms with Crippen molar-refractivity contribution in [3.8, 4) is 5.75 Å². The molecule has 0 aliphatic carbocycles. The van der Waals surface area contributed by atoms with E-state index in [9.17, 15) is 9.59 Å². The van der Waals surface area contributed by atoms with Gasteiger partial charge in [0.1, 0.15) is 5.75 Å². The first-order valence-electron chi connectivity index (χ1n) is 9.53. The molecule has 0 unspecified atom stereocenters. The molecule has 1 aromatic carbocycles. The highest BCUT2D eigenvalue weighted by Crippen LogP contribution is 2.18. The van der Waals surface area contributed by atoms with Crippen LogP contribution in [-0.4, -0.2) is 61.6 Å². The van der Waals surface area contributed by atoms with Gasteiger partial charge in [-0.15, -0.1) is 0 Å². The molecule has 3 amide bonds. The molecule has 1 aromatic rings. The predicted molar refractivity (Wildman–Crippen MR) is 102 cm³/mol. The lowest BCUT2D eigenvalue weighted by atomic mass is 9.96. The summed E-state index contributed by atoms with van der Waals surface area (Å²) >= 11 is 0. The fraction of sp³-hybridized carbons (Fsp3) is 0.600. The number of benzene rings is 1. The number of piperidine rings is 1. The van der Waals surface area contributed by atoms with Crippen molar-refractivity contribution in [3.63, 3.8) is 0 Å². The number of rotatable bonds is 7. The summed E-state index contributed by atoms with van der Waals surface area (Å²) in [6, 6.07) is 7.98. The first-order chi connectivity index (χ1) is 12.6. The molecule has 0 spiro atoms. The topological polar surface area (TPSA) is 61.9 Å². The summed E-state index contributed by atoms with van der Waals surface area (Å²) < 4.78 is 5.14. The Balaban J connectivity index is 1.71. The van der Waals surface area contributed by atoms with Crippen molar-refractivity contribution in [1.29, 1.82) is 0 Å². The number of hydrogen-bond acceptors (Lipinski definition) is 3. The largest absolute Gasteiger partial charge is 0.497 e. The zero-order chi connectivity index (χ0) is 18.9. The van der Waals surface area contributed by atoms with E-state index < -0.39 is 0 Å². The van der Waals surface area contributed by atoms with Crippen molar-refractivity contribution in [2.24, 2.45) is 5.92 Å². The summed E-state index contributed by atoms with van der Waals surface area (Å²) in [6.45, 7) is 7.37. The van der Waals surface area contributed by atoms with E-state index in [1.54, 1.807) is 7.11 Å². The molecule has 26 heavy (non-hydrogen) atoms. The maximum absolute atomic E-state index is 12.4. The Morgan fingerprint density at radius 2 is 1.77 bits per heavy atom. The number of urea groups is 1. The molecule has 1 aliphatic rings. The van der Waals surface area contributed by atoms with Crippen LogP contribution in [0.3, 0.4) is 0 Å². The summed E-state index contributed by atoms with van der Waals surface area (Å²) in [5.74, 6) is 0.948. The van der Waals surface area contributed by atoms with Gasteiger partial charge in [-0.05, 0) is 50.8 Å². The van der Waals surface area contributed by atoms with E-state index in [1.165, 1.54) is 5.56 Å². The van der Waals surface area contributed by atoms with Crippen molar-refractivity contribution in [1.82, 2.24) is 15.1 Å². The minimum absolute atomic E-state index is 0.00613. The van der Waals surface area contributed by atoms with E-state index in [1.807, 2.05) is 47.9 Å². The normalized spacial score (nSPS) is 14.8.